The number of esters is 1. The van der Waals surface area contributed by atoms with E-state index in [1.54, 1.807) is 18.2 Å². The zero-order valence-electron chi connectivity index (χ0n) is 20.8. The largest absolute Gasteiger partial charge is 0.504 e. The molecule has 0 saturated carbocycles. The van der Waals surface area contributed by atoms with Crippen molar-refractivity contribution in [3.05, 3.63) is 47.5 Å². The van der Waals surface area contributed by atoms with Crippen LogP contribution in [0.5, 0.6) is 23.0 Å². The Hall–Kier alpha value is -3.13. The Bertz CT molecular complexity index is 1120. The number of aromatic hydroxyl groups is 2. The second kappa shape index (κ2) is 11.7. The molecule has 8 atom stereocenters. The van der Waals surface area contributed by atoms with Gasteiger partial charge in [0, 0.05) is 5.92 Å². The molecule has 2 aliphatic rings. The van der Waals surface area contributed by atoms with Gasteiger partial charge in [-0.05, 0) is 41.8 Å². The molecule has 2 aromatic rings. The van der Waals surface area contributed by atoms with Crippen molar-refractivity contribution < 1.29 is 59.1 Å². The fourth-order valence-corrected chi connectivity index (χ4v) is 4.83. The van der Waals surface area contributed by atoms with Crippen LogP contribution in [0.25, 0.3) is 0 Å². The molecule has 0 aromatic heterocycles. The van der Waals surface area contributed by atoms with Crippen LogP contribution in [0, 0.1) is 11.8 Å². The van der Waals surface area contributed by atoms with E-state index in [2.05, 4.69) is 0 Å². The van der Waals surface area contributed by atoms with E-state index in [1.165, 1.54) is 32.4 Å². The van der Waals surface area contributed by atoms with Gasteiger partial charge in [-0.1, -0.05) is 12.1 Å². The van der Waals surface area contributed by atoms with Gasteiger partial charge in [-0.3, -0.25) is 4.79 Å². The quantitative estimate of drug-likeness (QED) is 0.236. The van der Waals surface area contributed by atoms with Gasteiger partial charge in [-0.25, -0.2) is 0 Å². The lowest BCUT2D eigenvalue weighted by Gasteiger charge is -2.41. The van der Waals surface area contributed by atoms with E-state index in [0.29, 0.717) is 11.1 Å². The Morgan fingerprint density at radius 1 is 0.947 bits per heavy atom. The number of aliphatic hydroxyl groups excluding tert-OH is 4. The van der Waals surface area contributed by atoms with Crippen molar-refractivity contribution in [1.82, 2.24) is 0 Å². The first-order chi connectivity index (χ1) is 18.2. The minimum atomic E-state index is -1.67. The molecule has 4 rings (SSSR count). The van der Waals surface area contributed by atoms with Crippen molar-refractivity contribution in [1.29, 1.82) is 0 Å². The van der Waals surface area contributed by atoms with Gasteiger partial charge in [0.05, 0.1) is 39.5 Å². The Morgan fingerprint density at radius 3 is 2.26 bits per heavy atom. The molecule has 208 valence electrons. The van der Waals surface area contributed by atoms with Crippen LogP contribution in [0.15, 0.2) is 36.4 Å². The number of aliphatic hydroxyl groups is 4. The van der Waals surface area contributed by atoms with Gasteiger partial charge in [0.2, 0.25) is 0 Å². The van der Waals surface area contributed by atoms with Crippen LogP contribution in [0.2, 0.25) is 0 Å². The predicted octanol–water partition coefficient (Wildman–Crippen LogP) is 0.00450. The molecule has 2 heterocycles. The van der Waals surface area contributed by atoms with Crippen molar-refractivity contribution >= 4 is 5.97 Å². The second-order valence-electron chi connectivity index (χ2n) is 9.30. The highest BCUT2D eigenvalue weighted by molar-refractivity contribution is 5.75. The summed E-state index contributed by atoms with van der Waals surface area (Å²) in [4.78, 5) is 12.9. The number of ether oxygens (including phenoxy) is 5. The molecule has 2 fully saturated rings. The molecule has 38 heavy (non-hydrogen) atoms. The number of rotatable bonds is 9. The molecular formula is C26H32O12. The van der Waals surface area contributed by atoms with Gasteiger partial charge < -0.3 is 54.3 Å². The first kappa shape index (κ1) is 27.9. The van der Waals surface area contributed by atoms with E-state index in [9.17, 15) is 35.4 Å². The molecule has 0 bridgehead atoms. The maximum absolute atomic E-state index is 12.9. The Balaban J connectivity index is 1.69. The van der Waals surface area contributed by atoms with Gasteiger partial charge in [0.15, 0.2) is 29.3 Å². The van der Waals surface area contributed by atoms with Crippen LogP contribution in [0.4, 0.5) is 0 Å². The number of methoxy groups -OCH3 is 2. The highest BCUT2D eigenvalue weighted by atomic mass is 16.7. The minimum Gasteiger partial charge on any atom is -0.504 e. The maximum Gasteiger partial charge on any atom is 0.309 e. The molecule has 2 aliphatic heterocycles. The van der Waals surface area contributed by atoms with Crippen LogP contribution in [-0.4, -0.2) is 94.7 Å². The average molecular weight is 537 g/mol. The van der Waals surface area contributed by atoms with E-state index in [-0.39, 0.29) is 36.0 Å². The zero-order valence-corrected chi connectivity index (χ0v) is 20.8. The van der Waals surface area contributed by atoms with Crippen LogP contribution >= 0.6 is 0 Å². The fourth-order valence-electron chi connectivity index (χ4n) is 4.83. The number of hydrogen-bond donors (Lipinski definition) is 6. The molecule has 0 spiro atoms. The summed E-state index contributed by atoms with van der Waals surface area (Å²) in [6.07, 6.45) is -8.38. The van der Waals surface area contributed by atoms with Crippen molar-refractivity contribution in [2.75, 3.05) is 27.4 Å². The smallest absolute Gasteiger partial charge is 0.309 e. The van der Waals surface area contributed by atoms with Crippen molar-refractivity contribution in [2.45, 2.75) is 43.2 Å². The number of benzene rings is 2. The van der Waals surface area contributed by atoms with Crippen LogP contribution < -0.4 is 9.47 Å². The summed E-state index contributed by atoms with van der Waals surface area (Å²) in [5.74, 6) is -1.67. The number of phenols is 2. The molecule has 0 amide bonds. The lowest BCUT2D eigenvalue weighted by Crippen LogP contribution is -2.59. The van der Waals surface area contributed by atoms with Crippen LogP contribution in [-0.2, 0) is 25.4 Å². The molecule has 2 aromatic carbocycles. The Kier molecular flexibility index (Phi) is 8.61. The summed E-state index contributed by atoms with van der Waals surface area (Å²) < 4.78 is 27.5. The number of hydrogen-bond acceptors (Lipinski definition) is 12. The summed E-state index contributed by atoms with van der Waals surface area (Å²) in [7, 11) is 2.78. The molecule has 6 N–H and O–H groups in total. The van der Waals surface area contributed by atoms with Gasteiger partial charge >= 0.3 is 5.97 Å². The third-order valence-corrected chi connectivity index (χ3v) is 6.99. The third kappa shape index (κ3) is 5.51. The zero-order chi connectivity index (χ0) is 27.6. The van der Waals surface area contributed by atoms with E-state index in [0.717, 1.165) is 0 Å². The summed E-state index contributed by atoms with van der Waals surface area (Å²) in [6, 6.07) is 9.15. The topological polar surface area (TPSA) is 185 Å². The SMILES string of the molecule is COc1cc(C[C@H]2C(=O)OC[C@H]2[C@@H](O[C@@H]2O[C@H](CO)[C@@H](O)[C@H](O)[C@H]2O)c2ccc(O)c(OC)c2)ccc1O. The van der Waals surface area contributed by atoms with E-state index < -0.39 is 61.2 Å². The van der Waals surface area contributed by atoms with Crippen molar-refractivity contribution in [2.24, 2.45) is 11.8 Å². The number of phenolic OH excluding ortho intramolecular Hbond substituents is 2. The second-order valence-corrected chi connectivity index (χ2v) is 9.30. The van der Waals surface area contributed by atoms with Crippen molar-refractivity contribution in [3.8, 4) is 23.0 Å². The van der Waals surface area contributed by atoms with Gasteiger partial charge in [0.25, 0.3) is 0 Å². The number of carbonyl (C=O) groups excluding carboxylic acids is 1. The summed E-state index contributed by atoms with van der Waals surface area (Å²) >= 11 is 0. The van der Waals surface area contributed by atoms with Crippen LogP contribution in [0.1, 0.15) is 17.2 Å². The van der Waals surface area contributed by atoms with E-state index in [1.807, 2.05) is 0 Å². The Labute approximate surface area is 218 Å². The summed E-state index contributed by atoms with van der Waals surface area (Å²) in [5, 5.41) is 60.6. The summed E-state index contributed by atoms with van der Waals surface area (Å²) in [6.45, 7) is -0.692. The average Bonchev–Trinajstić information content (AvgIpc) is 3.27. The molecule has 0 aliphatic carbocycles. The number of carbonyl (C=O) groups is 1. The summed E-state index contributed by atoms with van der Waals surface area (Å²) in [5.41, 5.74) is 1.14. The lowest BCUT2D eigenvalue weighted by molar-refractivity contribution is -0.317. The Morgan fingerprint density at radius 2 is 1.61 bits per heavy atom. The van der Waals surface area contributed by atoms with Gasteiger partial charge in [-0.2, -0.15) is 0 Å². The monoisotopic (exact) mass is 536 g/mol. The first-order valence-electron chi connectivity index (χ1n) is 12.0. The fraction of sp³-hybridized carbons (Fsp3) is 0.500. The van der Waals surface area contributed by atoms with Crippen molar-refractivity contribution in [3.63, 3.8) is 0 Å². The standard InChI is InChI=1S/C26H32O12/c1-34-18-8-12(3-5-16(18)28)7-14-15(11-36-25(14)33)24(13-4-6-17(29)19(9-13)35-2)38-26-23(32)22(31)21(30)20(10-27)37-26/h3-6,8-9,14-15,20-24,26-32H,7,10-11H2,1-2H3/t14-,15-,20-,21-,22+,23-,24+,26+/m1/s1. The minimum absolute atomic E-state index is 0.0516. The molecular weight excluding hydrogens is 504 g/mol. The molecule has 12 heteroatoms. The normalized spacial score (nSPS) is 30.1. The van der Waals surface area contributed by atoms with E-state index in [4.69, 9.17) is 23.7 Å². The molecule has 12 nitrogen and oxygen atoms in total. The van der Waals surface area contributed by atoms with E-state index >= 15 is 0 Å². The predicted molar refractivity (Wildman–Crippen MR) is 129 cm³/mol. The van der Waals surface area contributed by atoms with Gasteiger partial charge in [-0.15, -0.1) is 0 Å². The highest BCUT2D eigenvalue weighted by Crippen LogP contribution is 2.42. The molecule has 0 radical (unpaired) electrons. The lowest BCUT2D eigenvalue weighted by atomic mass is 9.82. The van der Waals surface area contributed by atoms with Gasteiger partial charge in [0.1, 0.15) is 24.4 Å². The third-order valence-electron chi connectivity index (χ3n) is 6.99. The number of cyclic esters (lactones) is 1. The highest BCUT2D eigenvalue weighted by Gasteiger charge is 2.48. The van der Waals surface area contributed by atoms with Crippen LogP contribution in [0.3, 0.4) is 0 Å². The molecule has 2 saturated heterocycles. The first-order valence-corrected chi connectivity index (χ1v) is 12.0. The molecule has 0 unspecified atom stereocenters. The maximum atomic E-state index is 12.9.